The van der Waals surface area contributed by atoms with Gasteiger partial charge in [-0.2, -0.15) is 8.78 Å². The standard InChI is InChI=1S/C18H12F2N2O2/c19-18(20)24-14-8-5-12(6-9-14)17(23)10-7-13-11-21-15-3-1-2-4-16(15)22-13/h1-11,18H/b10-7+. The van der Waals surface area contributed by atoms with E-state index < -0.39 is 6.61 Å². The summed E-state index contributed by atoms with van der Waals surface area (Å²) in [5.74, 6) is -0.264. The molecule has 0 fully saturated rings. The average Bonchev–Trinajstić information content (AvgIpc) is 2.59. The van der Waals surface area contributed by atoms with Crippen LogP contribution in [0.15, 0.2) is 60.8 Å². The summed E-state index contributed by atoms with van der Waals surface area (Å²) < 4.78 is 28.4. The van der Waals surface area contributed by atoms with E-state index in [1.807, 2.05) is 24.3 Å². The maximum atomic E-state index is 12.1. The number of rotatable bonds is 5. The Morgan fingerprint density at radius 2 is 1.75 bits per heavy atom. The van der Waals surface area contributed by atoms with E-state index >= 15 is 0 Å². The number of fused-ring (bicyclic) bond motifs is 1. The van der Waals surface area contributed by atoms with Crippen LogP contribution < -0.4 is 4.74 Å². The molecule has 0 saturated carbocycles. The molecule has 3 rings (SSSR count). The number of alkyl halides is 2. The summed E-state index contributed by atoms with van der Waals surface area (Å²) in [6.07, 6.45) is 4.50. The van der Waals surface area contributed by atoms with Gasteiger partial charge in [-0.1, -0.05) is 12.1 Å². The van der Waals surface area contributed by atoms with Crippen molar-refractivity contribution in [1.29, 1.82) is 0 Å². The lowest BCUT2D eigenvalue weighted by atomic mass is 10.1. The highest BCUT2D eigenvalue weighted by atomic mass is 19.3. The fraction of sp³-hybridized carbons (Fsp3) is 0.0556. The van der Waals surface area contributed by atoms with Crippen LogP contribution in [0.4, 0.5) is 8.78 Å². The Bertz CT molecular complexity index is 893. The number of carbonyl (C=O) groups excluding carboxylic acids is 1. The number of para-hydroxylation sites is 2. The summed E-state index contributed by atoms with van der Waals surface area (Å²) in [5.41, 5.74) is 2.43. The molecule has 0 aliphatic heterocycles. The fourth-order valence-corrected chi connectivity index (χ4v) is 2.11. The minimum Gasteiger partial charge on any atom is -0.435 e. The van der Waals surface area contributed by atoms with E-state index in [1.54, 1.807) is 12.3 Å². The number of hydrogen-bond donors (Lipinski definition) is 0. The molecule has 0 saturated heterocycles. The molecule has 0 aliphatic rings. The highest BCUT2D eigenvalue weighted by molar-refractivity contribution is 6.06. The molecule has 0 N–H and O–H groups in total. The first-order chi connectivity index (χ1) is 11.6. The lowest BCUT2D eigenvalue weighted by Crippen LogP contribution is -2.02. The normalized spacial score (nSPS) is 11.3. The number of benzene rings is 2. The predicted molar refractivity (Wildman–Crippen MR) is 86.0 cm³/mol. The van der Waals surface area contributed by atoms with Crippen molar-refractivity contribution in [2.75, 3.05) is 0 Å². The summed E-state index contributed by atoms with van der Waals surface area (Å²) in [6, 6.07) is 12.9. The van der Waals surface area contributed by atoms with Gasteiger partial charge in [-0.3, -0.25) is 9.78 Å². The maximum absolute atomic E-state index is 12.1. The molecule has 0 unspecified atom stereocenters. The molecule has 3 aromatic rings. The second kappa shape index (κ2) is 6.95. The number of ketones is 1. The quantitative estimate of drug-likeness (QED) is 0.522. The third kappa shape index (κ3) is 3.78. The lowest BCUT2D eigenvalue weighted by molar-refractivity contribution is -0.0498. The third-order valence-electron chi connectivity index (χ3n) is 3.24. The summed E-state index contributed by atoms with van der Waals surface area (Å²) in [6.45, 7) is -2.89. The number of halogens is 2. The molecule has 1 heterocycles. The van der Waals surface area contributed by atoms with Crippen molar-refractivity contribution in [3.63, 3.8) is 0 Å². The summed E-state index contributed by atoms with van der Waals surface area (Å²) >= 11 is 0. The van der Waals surface area contributed by atoms with Gasteiger partial charge in [0.2, 0.25) is 0 Å². The van der Waals surface area contributed by atoms with Crippen LogP contribution in [0, 0.1) is 0 Å². The van der Waals surface area contributed by atoms with Gasteiger partial charge >= 0.3 is 6.61 Å². The van der Waals surface area contributed by atoms with Crippen molar-refractivity contribution in [2.45, 2.75) is 6.61 Å². The summed E-state index contributed by atoms with van der Waals surface area (Å²) in [5, 5.41) is 0. The van der Waals surface area contributed by atoms with Crippen molar-refractivity contribution < 1.29 is 18.3 Å². The minimum atomic E-state index is -2.89. The number of carbonyl (C=O) groups is 1. The molecule has 0 amide bonds. The Morgan fingerprint density at radius 3 is 2.46 bits per heavy atom. The molecule has 0 atom stereocenters. The summed E-state index contributed by atoms with van der Waals surface area (Å²) in [7, 11) is 0. The van der Waals surface area contributed by atoms with Gasteiger partial charge < -0.3 is 4.74 Å². The number of ether oxygens (including phenoxy) is 1. The monoisotopic (exact) mass is 326 g/mol. The van der Waals surface area contributed by atoms with E-state index in [1.165, 1.54) is 30.3 Å². The zero-order valence-electron chi connectivity index (χ0n) is 12.4. The molecule has 0 aliphatic carbocycles. The number of hydrogen-bond acceptors (Lipinski definition) is 4. The van der Waals surface area contributed by atoms with E-state index in [-0.39, 0.29) is 11.5 Å². The minimum absolute atomic E-state index is 0.00549. The van der Waals surface area contributed by atoms with Gasteiger partial charge in [0.25, 0.3) is 0 Å². The van der Waals surface area contributed by atoms with E-state index in [2.05, 4.69) is 14.7 Å². The Labute approximate surface area is 136 Å². The van der Waals surface area contributed by atoms with Gasteiger partial charge in [0.15, 0.2) is 5.78 Å². The lowest BCUT2D eigenvalue weighted by Gasteiger charge is -2.04. The number of nitrogens with zero attached hydrogens (tertiary/aromatic N) is 2. The van der Waals surface area contributed by atoms with Crippen molar-refractivity contribution in [2.24, 2.45) is 0 Å². The van der Waals surface area contributed by atoms with Gasteiger partial charge in [0.05, 0.1) is 22.9 Å². The molecule has 0 radical (unpaired) electrons. The first kappa shape index (κ1) is 15.7. The van der Waals surface area contributed by atoms with Crippen LogP contribution in [-0.2, 0) is 0 Å². The highest BCUT2D eigenvalue weighted by Gasteiger charge is 2.06. The average molecular weight is 326 g/mol. The van der Waals surface area contributed by atoms with Crippen molar-refractivity contribution in [1.82, 2.24) is 9.97 Å². The number of allylic oxidation sites excluding steroid dienone is 1. The Balaban J connectivity index is 1.74. The second-order valence-electron chi connectivity index (χ2n) is 4.88. The smallest absolute Gasteiger partial charge is 0.387 e. The number of aromatic nitrogens is 2. The Kier molecular flexibility index (Phi) is 4.56. The molecule has 24 heavy (non-hydrogen) atoms. The van der Waals surface area contributed by atoms with Crippen LogP contribution in [0.25, 0.3) is 17.1 Å². The highest BCUT2D eigenvalue weighted by Crippen LogP contribution is 2.16. The molecule has 6 heteroatoms. The topological polar surface area (TPSA) is 52.1 Å². The van der Waals surface area contributed by atoms with Gasteiger partial charge in [-0.25, -0.2) is 4.98 Å². The molecule has 0 spiro atoms. The first-order valence-electron chi connectivity index (χ1n) is 7.11. The van der Waals surface area contributed by atoms with Crippen molar-refractivity contribution >= 4 is 22.9 Å². The third-order valence-corrected chi connectivity index (χ3v) is 3.24. The van der Waals surface area contributed by atoms with E-state index in [0.29, 0.717) is 11.3 Å². The molecular weight excluding hydrogens is 314 g/mol. The largest absolute Gasteiger partial charge is 0.435 e. The Hall–Kier alpha value is -3.15. The molecule has 2 aromatic carbocycles. The second-order valence-corrected chi connectivity index (χ2v) is 4.88. The van der Waals surface area contributed by atoms with Gasteiger partial charge in [0, 0.05) is 5.56 Å². The SMILES string of the molecule is O=C(/C=C/c1cnc2ccccc2n1)c1ccc(OC(F)F)cc1. The van der Waals surface area contributed by atoms with E-state index in [9.17, 15) is 13.6 Å². The zero-order valence-corrected chi connectivity index (χ0v) is 12.4. The fourth-order valence-electron chi connectivity index (χ4n) is 2.11. The van der Waals surface area contributed by atoms with Crippen LogP contribution in [0.2, 0.25) is 0 Å². The van der Waals surface area contributed by atoms with E-state index in [4.69, 9.17) is 0 Å². The van der Waals surface area contributed by atoms with Gasteiger partial charge in [-0.05, 0) is 48.6 Å². The van der Waals surface area contributed by atoms with Crippen molar-refractivity contribution in [3.05, 3.63) is 72.1 Å². The molecule has 4 nitrogen and oxygen atoms in total. The zero-order chi connectivity index (χ0) is 16.9. The molecule has 1 aromatic heterocycles. The summed E-state index contributed by atoms with van der Waals surface area (Å²) in [4.78, 5) is 20.7. The van der Waals surface area contributed by atoms with Crippen LogP contribution in [0.3, 0.4) is 0 Å². The molecular formula is C18H12F2N2O2. The van der Waals surface area contributed by atoms with Crippen LogP contribution >= 0.6 is 0 Å². The van der Waals surface area contributed by atoms with Crippen LogP contribution in [0.1, 0.15) is 16.1 Å². The molecule has 0 bridgehead atoms. The van der Waals surface area contributed by atoms with Gasteiger partial charge in [-0.15, -0.1) is 0 Å². The van der Waals surface area contributed by atoms with Crippen LogP contribution in [0.5, 0.6) is 5.75 Å². The van der Waals surface area contributed by atoms with E-state index in [0.717, 1.165) is 11.0 Å². The predicted octanol–water partition coefficient (Wildman–Crippen LogP) is 4.13. The maximum Gasteiger partial charge on any atom is 0.387 e. The van der Waals surface area contributed by atoms with Crippen LogP contribution in [-0.4, -0.2) is 22.4 Å². The van der Waals surface area contributed by atoms with Crippen molar-refractivity contribution in [3.8, 4) is 5.75 Å². The Morgan fingerprint density at radius 1 is 1.04 bits per heavy atom. The molecule has 120 valence electrons. The van der Waals surface area contributed by atoms with Gasteiger partial charge in [0.1, 0.15) is 5.75 Å². The first-order valence-corrected chi connectivity index (χ1v) is 7.11.